The van der Waals surface area contributed by atoms with Gasteiger partial charge in [-0.1, -0.05) is 12.1 Å². The van der Waals surface area contributed by atoms with Crippen LogP contribution in [0.25, 0.3) is 11.0 Å². The van der Waals surface area contributed by atoms with Crippen LogP contribution in [0.1, 0.15) is 5.69 Å². The molecule has 0 amide bonds. The Morgan fingerprint density at radius 1 is 1.15 bits per heavy atom. The highest BCUT2D eigenvalue weighted by Gasteiger charge is 2.00. The lowest BCUT2D eigenvalue weighted by molar-refractivity contribution is 0.858. The number of aryl methyl sites for hydroxylation is 1. The minimum atomic E-state index is -0.0268. The van der Waals surface area contributed by atoms with Crippen LogP contribution in [0.15, 0.2) is 53.6 Å². The van der Waals surface area contributed by atoms with Gasteiger partial charge in [-0.2, -0.15) is 0 Å². The highest BCUT2D eigenvalue weighted by atomic mass is 16.1. The number of aromatic nitrogens is 3. The van der Waals surface area contributed by atoms with Gasteiger partial charge in [0.1, 0.15) is 0 Å². The lowest BCUT2D eigenvalue weighted by atomic mass is 10.3. The van der Waals surface area contributed by atoms with E-state index >= 15 is 0 Å². The number of nitrogens with one attached hydrogen (secondary N) is 1. The molecule has 3 rings (SSSR count). The molecular formula is C15H14N4O. The summed E-state index contributed by atoms with van der Waals surface area (Å²) in [5, 5.41) is 3.23. The quantitative estimate of drug-likeness (QED) is 0.787. The zero-order valence-electron chi connectivity index (χ0n) is 11.1. The molecule has 5 nitrogen and oxygen atoms in total. The average Bonchev–Trinajstić information content (AvgIpc) is 2.48. The van der Waals surface area contributed by atoms with E-state index in [0.717, 1.165) is 22.4 Å². The van der Waals surface area contributed by atoms with Crippen LogP contribution in [-0.4, -0.2) is 14.5 Å². The third kappa shape index (κ3) is 2.51. The Hall–Kier alpha value is -2.69. The van der Waals surface area contributed by atoms with Crippen molar-refractivity contribution in [2.24, 2.45) is 7.05 Å². The third-order valence-electron chi connectivity index (χ3n) is 3.06. The van der Waals surface area contributed by atoms with Gasteiger partial charge in [0.15, 0.2) is 0 Å². The Kier molecular flexibility index (Phi) is 3.16. The smallest absolute Gasteiger partial charge is 0.250 e. The summed E-state index contributed by atoms with van der Waals surface area (Å²) in [6.07, 6.45) is 3.52. The van der Waals surface area contributed by atoms with Crippen LogP contribution in [-0.2, 0) is 13.6 Å². The van der Waals surface area contributed by atoms with E-state index in [0.29, 0.717) is 6.54 Å². The molecule has 2 heterocycles. The number of benzene rings is 1. The van der Waals surface area contributed by atoms with Gasteiger partial charge >= 0.3 is 0 Å². The lowest BCUT2D eigenvalue weighted by Crippen LogP contribution is -2.15. The van der Waals surface area contributed by atoms with E-state index in [4.69, 9.17) is 0 Å². The summed E-state index contributed by atoms with van der Waals surface area (Å²) in [6, 6.07) is 11.1. The summed E-state index contributed by atoms with van der Waals surface area (Å²) in [5.74, 6) is 0. The number of hydrogen-bond acceptors (Lipinski definition) is 4. The summed E-state index contributed by atoms with van der Waals surface area (Å²) in [5.41, 5.74) is 3.48. The predicted molar refractivity (Wildman–Crippen MR) is 78.5 cm³/mol. The number of hydrogen-bond donors (Lipinski definition) is 1. The second-order valence-corrected chi connectivity index (χ2v) is 4.57. The maximum atomic E-state index is 11.3. The maximum Gasteiger partial charge on any atom is 0.250 e. The summed E-state index contributed by atoms with van der Waals surface area (Å²) < 4.78 is 1.54. The Morgan fingerprint density at radius 2 is 1.95 bits per heavy atom. The zero-order valence-corrected chi connectivity index (χ0v) is 11.1. The van der Waals surface area contributed by atoms with Crippen molar-refractivity contribution < 1.29 is 0 Å². The molecule has 0 saturated carbocycles. The molecule has 0 aliphatic carbocycles. The number of fused-ring (bicyclic) bond motifs is 1. The van der Waals surface area contributed by atoms with Gasteiger partial charge in [0, 0.05) is 19.3 Å². The molecule has 0 unspecified atom stereocenters. The molecule has 1 aromatic carbocycles. The molecule has 0 spiro atoms. The van der Waals surface area contributed by atoms with Crippen LogP contribution < -0.4 is 10.9 Å². The summed E-state index contributed by atoms with van der Waals surface area (Å²) in [4.78, 5) is 20.2. The highest BCUT2D eigenvalue weighted by molar-refractivity contribution is 5.73. The minimum absolute atomic E-state index is 0.0268. The van der Waals surface area contributed by atoms with Crippen molar-refractivity contribution in [3.05, 3.63) is 64.8 Å². The summed E-state index contributed by atoms with van der Waals surface area (Å²) >= 11 is 0. The van der Waals surface area contributed by atoms with Gasteiger partial charge in [-0.25, -0.2) is 4.98 Å². The molecule has 0 fully saturated rings. The molecule has 0 aliphatic rings. The predicted octanol–water partition coefficient (Wildman–Crippen LogP) is 1.94. The molecule has 100 valence electrons. The molecule has 20 heavy (non-hydrogen) atoms. The molecule has 0 radical (unpaired) electrons. The molecule has 1 N–H and O–H groups in total. The van der Waals surface area contributed by atoms with E-state index in [1.165, 1.54) is 10.6 Å². The molecule has 0 atom stereocenters. The average molecular weight is 266 g/mol. The second-order valence-electron chi connectivity index (χ2n) is 4.57. The number of rotatable bonds is 3. The molecule has 0 saturated heterocycles. The fraction of sp³-hybridized carbons (Fsp3) is 0.133. The van der Waals surface area contributed by atoms with Gasteiger partial charge in [0.25, 0.3) is 0 Å². The fourth-order valence-corrected chi connectivity index (χ4v) is 1.97. The van der Waals surface area contributed by atoms with Crippen molar-refractivity contribution >= 4 is 16.7 Å². The zero-order chi connectivity index (χ0) is 13.9. The molecule has 0 aliphatic heterocycles. The standard InChI is InChI=1S/C15H14N4O/c1-19-10-11(6-7-15(19)20)16-8-12-9-17-13-4-2-3-5-14(13)18-12/h2-7,9-10,16H,8H2,1H3. The van der Waals surface area contributed by atoms with Gasteiger partial charge in [-0.15, -0.1) is 0 Å². The minimum Gasteiger partial charge on any atom is -0.378 e. The number of para-hydroxylation sites is 2. The Morgan fingerprint density at radius 3 is 2.75 bits per heavy atom. The van der Waals surface area contributed by atoms with Crippen molar-refractivity contribution in [3.8, 4) is 0 Å². The van der Waals surface area contributed by atoms with E-state index in [1.54, 1.807) is 25.5 Å². The van der Waals surface area contributed by atoms with Crippen molar-refractivity contribution in [1.82, 2.24) is 14.5 Å². The Labute approximate surface area is 115 Å². The first-order valence-electron chi connectivity index (χ1n) is 6.33. The van der Waals surface area contributed by atoms with Gasteiger partial charge in [0.05, 0.1) is 35.2 Å². The van der Waals surface area contributed by atoms with Crippen LogP contribution in [0.3, 0.4) is 0 Å². The first-order valence-corrected chi connectivity index (χ1v) is 6.33. The summed E-state index contributed by atoms with van der Waals surface area (Å²) in [7, 11) is 1.73. The topological polar surface area (TPSA) is 59.8 Å². The van der Waals surface area contributed by atoms with Gasteiger partial charge in [0.2, 0.25) is 5.56 Å². The normalized spacial score (nSPS) is 10.7. The van der Waals surface area contributed by atoms with E-state index in [9.17, 15) is 4.79 Å². The lowest BCUT2D eigenvalue weighted by Gasteiger charge is -2.07. The van der Waals surface area contributed by atoms with Gasteiger partial charge < -0.3 is 9.88 Å². The SMILES string of the molecule is Cn1cc(NCc2cnc3ccccc3n2)ccc1=O. The van der Waals surface area contributed by atoms with Gasteiger partial charge in [-0.3, -0.25) is 9.78 Å². The third-order valence-corrected chi connectivity index (χ3v) is 3.06. The highest BCUT2D eigenvalue weighted by Crippen LogP contribution is 2.10. The van der Waals surface area contributed by atoms with E-state index in [2.05, 4.69) is 15.3 Å². The molecular weight excluding hydrogens is 252 g/mol. The number of anilines is 1. The molecule has 0 bridgehead atoms. The monoisotopic (exact) mass is 266 g/mol. The second kappa shape index (κ2) is 5.13. The first-order chi connectivity index (χ1) is 9.72. The summed E-state index contributed by atoms with van der Waals surface area (Å²) in [6.45, 7) is 0.566. The van der Waals surface area contributed by atoms with E-state index in [-0.39, 0.29) is 5.56 Å². The van der Waals surface area contributed by atoms with Crippen molar-refractivity contribution in [2.75, 3.05) is 5.32 Å². The van der Waals surface area contributed by atoms with Crippen LogP contribution in [0.5, 0.6) is 0 Å². The van der Waals surface area contributed by atoms with E-state index in [1.807, 2.05) is 24.3 Å². The number of nitrogens with zero attached hydrogens (tertiary/aromatic N) is 3. The van der Waals surface area contributed by atoms with E-state index < -0.39 is 0 Å². The van der Waals surface area contributed by atoms with Crippen LogP contribution in [0.4, 0.5) is 5.69 Å². The van der Waals surface area contributed by atoms with Crippen molar-refractivity contribution in [2.45, 2.75) is 6.54 Å². The fourth-order valence-electron chi connectivity index (χ4n) is 1.97. The molecule has 3 aromatic rings. The Balaban J connectivity index is 1.79. The molecule has 2 aromatic heterocycles. The van der Waals surface area contributed by atoms with Crippen LogP contribution in [0, 0.1) is 0 Å². The van der Waals surface area contributed by atoms with Crippen molar-refractivity contribution in [3.63, 3.8) is 0 Å². The first kappa shape index (κ1) is 12.3. The van der Waals surface area contributed by atoms with Crippen molar-refractivity contribution in [1.29, 1.82) is 0 Å². The molecule has 5 heteroatoms. The largest absolute Gasteiger partial charge is 0.378 e. The van der Waals surface area contributed by atoms with Gasteiger partial charge in [-0.05, 0) is 18.2 Å². The van der Waals surface area contributed by atoms with Crippen LogP contribution in [0.2, 0.25) is 0 Å². The van der Waals surface area contributed by atoms with Crippen LogP contribution >= 0.6 is 0 Å². The number of pyridine rings is 1. The Bertz CT molecular complexity index is 810. The maximum absolute atomic E-state index is 11.3.